The molecule has 9 unspecified atom stereocenters. The molecule has 0 aromatic heterocycles. The number of hydrogen-bond donors (Lipinski definition) is 3. The first-order valence-electron chi connectivity index (χ1n) is 15.9. The Morgan fingerprint density at radius 3 is 2.29 bits per heavy atom. The molecule has 5 rings (SSSR count). The first-order chi connectivity index (χ1) is 21.2. The number of Topliss-reactive ketones (excluding diaryl/α,β-unsaturated/α-hetero) is 3. The highest BCUT2D eigenvalue weighted by Crippen LogP contribution is 2.83. The third-order valence-corrected chi connectivity index (χ3v) is 12.1. The van der Waals surface area contributed by atoms with E-state index in [1.807, 2.05) is 6.92 Å². The van der Waals surface area contributed by atoms with Gasteiger partial charge in [-0.1, -0.05) is 57.8 Å². The zero-order valence-corrected chi connectivity index (χ0v) is 26.7. The number of hydrogen-bond acceptors (Lipinski definition) is 8. The van der Waals surface area contributed by atoms with Crippen molar-refractivity contribution in [3.05, 3.63) is 35.5 Å². The maximum absolute atomic E-state index is 14.9. The first-order valence-corrected chi connectivity index (χ1v) is 16.2. The molecule has 3 saturated carbocycles. The van der Waals surface area contributed by atoms with Crippen LogP contribution in [-0.2, 0) is 33.6 Å². The zero-order chi connectivity index (χ0) is 33.3. The van der Waals surface area contributed by atoms with Crippen LogP contribution in [0, 0.1) is 40.4 Å². The quantitative estimate of drug-likeness (QED) is 0.0763. The first kappa shape index (κ1) is 33.1. The average Bonchev–Trinajstić information content (AvgIpc) is 3.17. The Kier molecular flexibility index (Phi) is 8.27. The number of fused-ring (bicyclic) bond motifs is 2. The summed E-state index contributed by atoms with van der Waals surface area (Å²) in [5, 5.41) is 24.0. The lowest BCUT2D eigenvalue weighted by molar-refractivity contribution is -0.147. The number of amides is 2. The van der Waals surface area contributed by atoms with Crippen molar-refractivity contribution < 1.29 is 43.8 Å². The van der Waals surface area contributed by atoms with Gasteiger partial charge in [0.25, 0.3) is 0 Å². The Labute approximate surface area is 266 Å². The lowest BCUT2D eigenvalue weighted by Crippen LogP contribution is -2.53. The number of unbranched alkanes of at least 4 members (excludes halogenated alkanes) is 3. The Balaban J connectivity index is 1.67. The molecule has 10 nitrogen and oxygen atoms in total. The largest absolute Gasteiger partial charge is 0.481 e. The topological polar surface area (TPSA) is 172 Å². The van der Waals surface area contributed by atoms with Crippen LogP contribution in [0.3, 0.4) is 0 Å². The number of halogens is 1. The summed E-state index contributed by atoms with van der Waals surface area (Å²) in [4.78, 5) is 94.2. The minimum atomic E-state index is -2.33. The van der Waals surface area contributed by atoms with Crippen molar-refractivity contribution >= 4 is 52.5 Å². The van der Waals surface area contributed by atoms with Gasteiger partial charge in [-0.3, -0.25) is 38.9 Å². The van der Waals surface area contributed by atoms with Crippen LogP contribution < -0.4 is 5.32 Å². The molecule has 1 heterocycles. The van der Waals surface area contributed by atoms with E-state index in [0.717, 1.165) is 18.9 Å². The molecule has 45 heavy (non-hydrogen) atoms. The number of alkyl halides is 1. The van der Waals surface area contributed by atoms with Gasteiger partial charge in [0.2, 0.25) is 11.8 Å². The molecule has 3 N–H and O–H groups in total. The lowest BCUT2D eigenvalue weighted by atomic mass is 9.64. The van der Waals surface area contributed by atoms with E-state index in [9.17, 15) is 43.8 Å². The molecule has 242 valence electrons. The Hall–Kier alpha value is -3.24. The number of piperidine rings is 1. The Morgan fingerprint density at radius 2 is 1.69 bits per heavy atom. The van der Waals surface area contributed by atoms with E-state index in [0.29, 0.717) is 12.8 Å². The number of carboxylic acid groups (broad SMARTS) is 1. The molecule has 5 aliphatic rings. The third-order valence-electron chi connectivity index (χ3n) is 11.3. The highest BCUT2D eigenvalue weighted by Gasteiger charge is 3.02. The number of aliphatic hydroxyl groups is 1. The minimum absolute atomic E-state index is 0.0123. The van der Waals surface area contributed by atoms with Crippen LogP contribution in [0.4, 0.5) is 0 Å². The molecule has 0 aromatic carbocycles. The van der Waals surface area contributed by atoms with Crippen LogP contribution in [0.5, 0.6) is 0 Å². The van der Waals surface area contributed by atoms with E-state index >= 15 is 0 Å². The van der Waals surface area contributed by atoms with E-state index in [1.165, 1.54) is 18.2 Å². The van der Waals surface area contributed by atoms with Gasteiger partial charge >= 0.3 is 5.97 Å². The molecule has 4 fully saturated rings. The van der Waals surface area contributed by atoms with Gasteiger partial charge in [-0.05, 0) is 63.4 Å². The van der Waals surface area contributed by atoms with Crippen LogP contribution in [0.1, 0.15) is 79.1 Å². The Morgan fingerprint density at radius 1 is 1.00 bits per heavy atom. The van der Waals surface area contributed by atoms with Crippen LogP contribution >= 0.6 is 11.6 Å². The van der Waals surface area contributed by atoms with Crippen LogP contribution in [0.2, 0.25) is 0 Å². The fraction of sp³-hybridized carbons (Fsp3) is 0.618. The average molecular weight is 642 g/mol. The minimum Gasteiger partial charge on any atom is -0.481 e. The Bertz CT molecular complexity index is 1510. The molecule has 0 bridgehead atoms. The molecule has 2 amide bonds. The molecule has 4 aliphatic carbocycles. The highest BCUT2D eigenvalue weighted by molar-refractivity contribution is 6.58. The second kappa shape index (κ2) is 11.2. The van der Waals surface area contributed by atoms with Gasteiger partial charge in [-0.25, -0.2) is 0 Å². The molecule has 0 aromatic rings. The van der Waals surface area contributed by atoms with Crippen LogP contribution in [0.15, 0.2) is 35.5 Å². The molecular weight excluding hydrogens is 602 g/mol. The molecule has 1 aliphatic heterocycles. The van der Waals surface area contributed by atoms with Gasteiger partial charge in [0.15, 0.2) is 28.5 Å². The van der Waals surface area contributed by atoms with Gasteiger partial charge in [0.05, 0.1) is 17.4 Å². The molecule has 0 radical (unpaired) electrons. The van der Waals surface area contributed by atoms with Crippen molar-refractivity contribution in [3.8, 4) is 0 Å². The smallest absolute Gasteiger partial charge is 0.306 e. The van der Waals surface area contributed by atoms with Crippen molar-refractivity contribution in [1.29, 1.82) is 0 Å². The van der Waals surface area contributed by atoms with Gasteiger partial charge < -0.3 is 10.2 Å². The highest BCUT2D eigenvalue weighted by atomic mass is 35.5. The second-order valence-electron chi connectivity index (χ2n) is 13.5. The van der Waals surface area contributed by atoms with Crippen LogP contribution in [-0.4, -0.2) is 61.6 Å². The number of carbonyl (C=O) groups is 7. The van der Waals surface area contributed by atoms with E-state index in [2.05, 4.69) is 5.32 Å². The third kappa shape index (κ3) is 4.00. The normalized spacial score (nSPS) is 40.5. The fourth-order valence-corrected chi connectivity index (χ4v) is 10.2. The van der Waals surface area contributed by atoms with Gasteiger partial charge in [0, 0.05) is 5.57 Å². The number of imide groups is 1. The van der Waals surface area contributed by atoms with Crippen molar-refractivity contribution in [2.24, 2.45) is 40.4 Å². The second-order valence-corrected chi connectivity index (χ2v) is 14.1. The number of ketones is 4. The van der Waals surface area contributed by atoms with E-state index in [-0.39, 0.29) is 31.3 Å². The summed E-state index contributed by atoms with van der Waals surface area (Å²) in [6.07, 6.45) is 8.14. The van der Waals surface area contributed by atoms with E-state index < -0.39 is 97.4 Å². The number of allylic oxidation sites excluding steroid dienone is 5. The zero-order valence-electron chi connectivity index (χ0n) is 26.0. The summed E-state index contributed by atoms with van der Waals surface area (Å²) in [6.45, 7) is 6.88. The number of aliphatic carboxylic acids is 1. The molecule has 1 saturated heterocycles. The lowest BCUT2D eigenvalue weighted by Gasteiger charge is -2.39. The number of nitrogens with one attached hydrogen (secondary N) is 1. The predicted octanol–water partition coefficient (Wildman–Crippen LogP) is 3.43. The maximum Gasteiger partial charge on any atom is 0.306 e. The molecule has 1 spiro atoms. The number of carboxylic acids is 1. The molecular formula is C34H40ClNO9. The summed E-state index contributed by atoms with van der Waals surface area (Å²) in [6, 6.07) is 0. The maximum atomic E-state index is 14.9. The van der Waals surface area contributed by atoms with Crippen molar-refractivity contribution in [2.45, 2.75) is 89.5 Å². The molecule has 9 atom stereocenters. The van der Waals surface area contributed by atoms with Crippen molar-refractivity contribution in [1.82, 2.24) is 5.32 Å². The van der Waals surface area contributed by atoms with E-state index in [1.54, 1.807) is 20.8 Å². The molecule has 11 heteroatoms. The fourth-order valence-electron chi connectivity index (χ4n) is 9.51. The van der Waals surface area contributed by atoms with Crippen molar-refractivity contribution in [3.63, 3.8) is 0 Å². The van der Waals surface area contributed by atoms with E-state index in [4.69, 9.17) is 11.6 Å². The predicted molar refractivity (Wildman–Crippen MR) is 162 cm³/mol. The summed E-state index contributed by atoms with van der Waals surface area (Å²) in [7, 11) is 0. The SMILES string of the molecule is C/C=C/C(=O)C1(O)CC2CC(C(=O)O)CC(C)C2C1C(=O)C1=C(/C=C/C)C(=O)C2(Cl)C3(CCCCCC)C(=O)NC(=O)C23C1=O. The number of rotatable bonds is 11. The number of carbonyl (C=O) groups excluding carboxylic acids is 6. The summed E-state index contributed by atoms with van der Waals surface area (Å²) < 4.78 is 0. The van der Waals surface area contributed by atoms with Gasteiger partial charge in [-0.15, -0.1) is 11.6 Å². The summed E-state index contributed by atoms with van der Waals surface area (Å²) in [5.74, 6) is -10.4. The van der Waals surface area contributed by atoms with Gasteiger partial charge in [-0.2, -0.15) is 0 Å². The van der Waals surface area contributed by atoms with Gasteiger partial charge in [0.1, 0.15) is 15.9 Å². The monoisotopic (exact) mass is 641 g/mol. The van der Waals surface area contributed by atoms with Crippen LogP contribution in [0.25, 0.3) is 0 Å². The summed E-state index contributed by atoms with van der Waals surface area (Å²) >= 11 is 7.00. The standard InChI is InChI=1S/C34H40ClNO9/c1-5-8-9-10-13-32-29(43)36-30(44)33(32)27(40)23(20(11-6-2)26(39)34(32,33)35)25(38)24-22-17(4)14-18(28(41)42)15-19(22)16-31(24,45)21(37)12-7-3/h6-7,11-12,17-19,22,24,45H,5,8-10,13-16H2,1-4H3,(H,41,42)(H,36,43,44)/b11-6+,12-7+. The van der Waals surface area contributed by atoms with Crippen molar-refractivity contribution in [2.75, 3.05) is 0 Å². The summed E-state index contributed by atoms with van der Waals surface area (Å²) in [5.41, 5.74) is -7.49.